The number of imidazole rings is 1. The van der Waals surface area contributed by atoms with Gasteiger partial charge in [-0.2, -0.15) is 0 Å². The van der Waals surface area contributed by atoms with Gasteiger partial charge in [0.2, 0.25) is 0 Å². The first kappa shape index (κ1) is 15.3. The van der Waals surface area contributed by atoms with E-state index in [1.807, 2.05) is 12.1 Å². The molecule has 0 unspecified atom stereocenters. The Morgan fingerprint density at radius 3 is 2.76 bits per heavy atom. The summed E-state index contributed by atoms with van der Waals surface area (Å²) in [6.07, 6.45) is 3.10. The van der Waals surface area contributed by atoms with Crippen LogP contribution in [-0.4, -0.2) is 31.7 Å². The molecule has 8 heteroatoms. The number of nitrogens with zero attached hydrogens (tertiary/aromatic N) is 5. The Bertz CT molecular complexity index is 1090. The number of aromatic nitrogens is 5. The number of rotatable bonds is 3. The van der Waals surface area contributed by atoms with Crippen LogP contribution in [-0.2, 0) is 7.05 Å². The van der Waals surface area contributed by atoms with E-state index in [1.165, 1.54) is 19.4 Å². The Kier molecular flexibility index (Phi) is 3.45. The molecule has 126 valence electrons. The van der Waals surface area contributed by atoms with Crippen LogP contribution in [0.5, 0.6) is 5.75 Å². The molecule has 0 radical (unpaired) electrons. The van der Waals surface area contributed by atoms with Crippen LogP contribution in [0.2, 0.25) is 0 Å². The zero-order valence-corrected chi connectivity index (χ0v) is 13.4. The van der Waals surface area contributed by atoms with E-state index >= 15 is 0 Å². The topological polar surface area (TPSA) is 57.8 Å². The fraction of sp³-hybridized carbons (Fsp3) is 0.118. The lowest BCUT2D eigenvalue weighted by atomic mass is 10.1. The monoisotopic (exact) mass is 341 g/mol. The number of aryl methyl sites for hydroxylation is 1. The summed E-state index contributed by atoms with van der Waals surface area (Å²) >= 11 is 0. The second kappa shape index (κ2) is 5.66. The third kappa shape index (κ3) is 2.25. The van der Waals surface area contributed by atoms with Crippen molar-refractivity contribution < 1.29 is 13.5 Å². The fourth-order valence-corrected chi connectivity index (χ4v) is 2.82. The van der Waals surface area contributed by atoms with Crippen LogP contribution in [0, 0.1) is 11.6 Å². The minimum absolute atomic E-state index is 0.0522. The molecule has 0 aliphatic rings. The molecule has 4 rings (SSSR count). The zero-order chi connectivity index (χ0) is 17.6. The van der Waals surface area contributed by atoms with Gasteiger partial charge < -0.3 is 4.74 Å². The Balaban J connectivity index is 1.99. The van der Waals surface area contributed by atoms with E-state index in [9.17, 15) is 8.78 Å². The maximum absolute atomic E-state index is 14.7. The van der Waals surface area contributed by atoms with Crippen molar-refractivity contribution >= 4 is 11.0 Å². The van der Waals surface area contributed by atoms with Gasteiger partial charge in [-0.25, -0.2) is 18.4 Å². The first-order valence-corrected chi connectivity index (χ1v) is 7.46. The summed E-state index contributed by atoms with van der Waals surface area (Å²) < 4.78 is 37.2. The van der Waals surface area contributed by atoms with E-state index in [0.717, 1.165) is 11.6 Å². The molecule has 0 saturated carbocycles. The molecule has 0 aliphatic carbocycles. The third-order valence-electron chi connectivity index (χ3n) is 4.02. The van der Waals surface area contributed by atoms with Crippen molar-refractivity contribution in [1.29, 1.82) is 0 Å². The van der Waals surface area contributed by atoms with Crippen molar-refractivity contribution in [1.82, 2.24) is 24.5 Å². The average molecular weight is 341 g/mol. The lowest BCUT2D eigenvalue weighted by Crippen LogP contribution is -2.02. The summed E-state index contributed by atoms with van der Waals surface area (Å²) in [4.78, 5) is 4.15. The number of halogens is 2. The Hall–Kier alpha value is -3.29. The van der Waals surface area contributed by atoms with Crippen LogP contribution >= 0.6 is 0 Å². The molecule has 0 spiro atoms. The highest BCUT2D eigenvalue weighted by Gasteiger charge is 2.22. The molecule has 0 saturated heterocycles. The number of ether oxygens (including phenoxy) is 1. The van der Waals surface area contributed by atoms with Crippen LogP contribution in [0.3, 0.4) is 0 Å². The summed E-state index contributed by atoms with van der Waals surface area (Å²) in [6.45, 7) is 0. The molecular formula is C17H13F2N5O. The van der Waals surface area contributed by atoms with Crippen molar-refractivity contribution in [3.8, 4) is 22.8 Å². The number of hydrogen-bond donors (Lipinski definition) is 0. The Labute approximate surface area is 141 Å². The molecule has 0 bridgehead atoms. The maximum Gasteiger partial charge on any atom is 0.178 e. The van der Waals surface area contributed by atoms with Crippen LogP contribution in [0.4, 0.5) is 8.78 Å². The largest absolute Gasteiger partial charge is 0.494 e. The summed E-state index contributed by atoms with van der Waals surface area (Å²) in [5.41, 5.74) is 1.77. The normalized spacial score (nSPS) is 11.2. The van der Waals surface area contributed by atoms with Gasteiger partial charge in [-0.1, -0.05) is 11.3 Å². The van der Waals surface area contributed by atoms with Crippen molar-refractivity contribution in [2.75, 3.05) is 7.11 Å². The van der Waals surface area contributed by atoms with E-state index in [2.05, 4.69) is 15.3 Å². The van der Waals surface area contributed by atoms with Gasteiger partial charge >= 0.3 is 0 Å². The predicted octanol–water partition coefficient (Wildman–Crippen LogP) is 3.11. The predicted molar refractivity (Wildman–Crippen MR) is 87.5 cm³/mol. The van der Waals surface area contributed by atoms with Crippen molar-refractivity contribution in [3.63, 3.8) is 0 Å². The summed E-state index contributed by atoms with van der Waals surface area (Å²) in [7, 11) is 3.10. The molecule has 0 atom stereocenters. The molecule has 0 fully saturated rings. The van der Waals surface area contributed by atoms with Crippen molar-refractivity contribution in [2.45, 2.75) is 0 Å². The van der Waals surface area contributed by atoms with Gasteiger partial charge in [-0.05, 0) is 24.3 Å². The van der Waals surface area contributed by atoms with Gasteiger partial charge in [0.05, 0.1) is 23.9 Å². The Morgan fingerprint density at radius 2 is 1.96 bits per heavy atom. The number of fused-ring (bicyclic) bond motifs is 1. The molecule has 2 aromatic heterocycles. The highest BCUT2D eigenvalue weighted by Crippen LogP contribution is 2.33. The van der Waals surface area contributed by atoms with Gasteiger partial charge in [0, 0.05) is 19.4 Å². The lowest BCUT2D eigenvalue weighted by molar-refractivity contribution is 0.385. The summed E-state index contributed by atoms with van der Waals surface area (Å²) in [5.74, 6) is -1.46. The maximum atomic E-state index is 14.7. The van der Waals surface area contributed by atoms with Crippen LogP contribution in [0.1, 0.15) is 0 Å². The SMILES string of the molecule is COc1ccc(F)c(-c2nccn2-c2cccc3c2nnn3C)c1F. The summed E-state index contributed by atoms with van der Waals surface area (Å²) in [6, 6.07) is 7.87. The van der Waals surface area contributed by atoms with Crippen LogP contribution in [0.15, 0.2) is 42.7 Å². The summed E-state index contributed by atoms with van der Waals surface area (Å²) in [5, 5.41) is 8.14. The standard InChI is InChI=1S/C17H13F2N5O/c1-23-11-4-3-5-12(16(11)21-22-23)24-9-8-20-17(24)14-10(18)6-7-13(25-2)15(14)19/h3-9H,1-2H3. The second-order valence-corrected chi connectivity index (χ2v) is 5.42. The molecule has 6 nitrogen and oxygen atoms in total. The molecule has 0 amide bonds. The molecule has 2 aromatic carbocycles. The van der Waals surface area contributed by atoms with Gasteiger partial charge in [-0.15, -0.1) is 5.10 Å². The molecule has 25 heavy (non-hydrogen) atoms. The quantitative estimate of drug-likeness (QED) is 0.574. The molecule has 2 heterocycles. The van der Waals surface area contributed by atoms with Gasteiger partial charge in [-0.3, -0.25) is 4.57 Å². The number of methoxy groups -OCH3 is 1. The molecule has 0 N–H and O–H groups in total. The van der Waals surface area contributed by atoms with Gasteiger partial charge in [0.1, 0.15) is 11.3 Å². The molecule has 4 aromatic rings. The Morgan fingerprint density at radius 1 is 1.12 bits per heavy atom. The van der Waals surface area contributed by atoms with E-state index in [1.54, 1.807) is 28.6 Å². The third-order valence-corrected chi connectivity index (χ3v) is 4.02. The number of benzene rings is 2. The van der Waals surface area contributed by atoms with Crippen LogP contribution < -0.4 is 4.74 Å². The van der Waals surface area contributed by atoms with Gasteiger partial charge in [0.25, 0.3) is 0 Å². The highest BCUT2D eigenvalue weighted by atomic mass is 19.1. The van der Waals surface area contributed by atoms with E-state index in [0.29, 0.717) is 11.2 Å². The second-order valence-electron chi connectivity index (χ2n) is 5.42. The minimum Gasteiger partial charge on any atom is -0.494 e. The fourth-order valence-electron chi connectivity index (χ4n) is 2.82. The highest BCUT2D eigenvalue weighted by molar-refractivity contribution is 5.84. The molecular weight excluding hydrogens is 328 g/mol. The van der Waals surface area contributed by atoms with Gasteiger partial charge in [0.15, 0.2) is 17.4 Å². The zero-order valence-electron chi connectivity index (χ0n) is 13.4. The average Bonchev–Trinajstić information content (AvgIpc) is 3.23. The van der Waals surface area contributed by atoms with Crippen molar-refractivity contribution in [2.24, 2.45) is 7.05 Å². The molecule has 0 aliphatic heterocycles. The van der Waals surface area contributed by atoms with E-state index in [-0.39, 0.29) is 17.1 Å². The van der Waals surface area contributed by atoms with Crippen molar-refractivity contribution in [3.05, 3.63) is 54.4 Å². The first-order valence-electron chi connectivity index (χ1n) is 7.46. The van der Waals surface area contributed by atoms with E-state index < -0.39 is 11.6 Å². The minimum atomic E-state index is -0.804. The van der Waals surface area contributed by atoms with Crippen LogP contribution in [0.25, 0.3) is 28.1 Å². The smallest absolute Gasteiger partial charge is 0.178 e. The number of hydrogen-bond acceptors (Lipinski definition) is 4. The lowest BCUT2D eigenvalue weighted by Gasteiger charge is -2.11. The first-order chi connectivity index (χ1) is 12.1. The van der Waals surface area contributed by atoms with E-state index in [4.69, 9.17) is 4.74 Å².